The lowest BCUT2D eigenvalue weighted by molar-refractivity contribution is 0.247. The number of amides is 2. The van der Waals surface area contributed by atoms with Crippen molar-refractivity contribution in [2.45, 2.75) is 38.6 Å². The van der Waals surface area contributed by atoms with Crippen LogP contribution in [0.15, 0.2) is 36.4 Å². The van der Waals surface area contributed by atoms with E-state index in [1.807, 2.05) is 43.3 Å². The highest BCUT2D eigenvalue weighted by molar-refractivity contribution is 5.92. The Morgan fingerprint density at radius 1 is 1.12 bits per heavy atom. The molecule has 1 aliphatic carbocycles. The van der Waals surface area contributed by atoms with E-state index in [-0.39, 0.29) is 11.6 Å². The first-order chi connectivity index (χ1) is 12.5. The van der Waals surface area contributed by atoms with Crippen molar-refractivity contribution in [1.82, 2.24) is 5.32 Å². The Morgan fingerprint density at radius 3 is 2.46 bits per heavy atom. The van der Waals surface area contributed by atoms with E-state index in [0.29, 0.717) is 11.5 Å². The van der Waals surface area contributed by atoms with Gasteiger partial charge in [0.05, 0.1) is 19.8 Å². The number of anilines is 1. The summed E-state index contributed by atoms with van der Waals surface area (Å²) in [5, 5.41) is 6.19. The highest BCUT2D eigenvalue weighted by Gasteiger charge is 2.46. The summed E-state index contributed by atoms with van der Waals surface area (Å²) in [5.41, 5.74) is 3.80. The van der Waals surface area contributed by atoms with Crippen LogP contribution in [-0.2, 0) is 12.0 Å². The van der Waals surface area contributed by atoms with Gasteiger partial charge in [-0.05, 0) is 55.0 Å². The molecule has 0 saturated heterocycles. The third-order valence-electron chi connectivity index (χ3n) is 5.02. The molecule has 1 aliphatic rings. The summed E-state index contributed by atoms with van der Waals surface area (Å²) in [6, 6.07) is 11.7. The third kappa shape index (κ3) is 3.47. The number of ether oxygens (including phenoxy) is 2. The van der Waals surface area contributed by atoms with Crippen LogP contribution in [0.25, 0.3) is 0 Å². The van der Waals surface area contributed by atoms with Gasteiger partial charge in [-0.15, -0.1) is 0 Å². The summed E-state index contributed by atoms with van der Waals surface area (Å²) in [5.74, 6) is 1.36. The Labute approximate surface area is 154 Å². The maximum atomic E-state index is 12.7. The van der Waals surface area contributed by atoms with E-state index in [2.05, 4.69) is 17.6 Å². The predicted molar refractivity (Wildman–Crippen MR) is 103 cm³/mol. The van der Waals surface area contributed by atoms with E-state index in [9.17, 15) is 4.79 Å². The van der Waals surface area contributed by atoms with Crippen LogP contribution in [0.3, 0.4) is 0 Å². The minimum Gasteiger partial charge on any atom is -0.493 e. The Bertz CT molecular complexity index is 813. The third-order valence-corrected chi connectivity index (χ3v) is 5.02. The zero-order chi connectivity index (χ0) is 18.7. The molecule has 0 unspecified atom stereocenters. The van der Waals surface area contributed by atoms with E-state index in [4.69, 9.17) is 9.47 Å². The number of benzene rings is 2. The topological polar surface area (TPSA) is 59.6 Å². The van der Waals surface area contributed by atoms with Crippen molar-refractivity contribution in [3.05, 3.63) is 53.1 Å². The number of hydrogen-bond donors (Lipinski definition) is 2. The lowest BCUT2D eigenvalue weighted by Gasteiger charge is -2.21. The van der Waals surface area contributed by atoms with Crippen LogP contribution in [-0.4, -0.2) is 20.3 Å². The Hall–Kier alpha value is -2.69. The normalized spacial score (nSPS) is 14.5. The van der Waals surface area contributed by atoms with Gasteiger partial charge < -0.3 is 20.1 Å². The molecule has 0 aliphatic heterocycles. The largest absolute Gasteiger partial charge is 0.493 e. The van der Waals surface area contributed by atoms with Crippen LogP contribution in [0.1, 0.15) is 36.5 Å². The molecule has 5 nitrogen and oxygen atoms in total. The zero-order valence-electron chi connectivity index (χ0n) is 15.8. The SMILES string of the molecule is CCc1cccc(C)c1NC(=O)NC1(c2ccc(OC)c(OC)c2)CC1. The molecule has 26 heavy (non-hydrogen) atoms. The van der Waals surface area contributed by atoms with Gasteiger partial charge in [0, 0.05) is 5.69 Å². The maximum absolute atomic E-state index is 12.7. The molecule has 0 spiro atoms. The second-order valence-corrected chi connectivity index (χ2v) is 6.69. The Morgan fingerprint density at radius 2 is 1.85 bits per heavy atom. The van der Waals surface area contributed by atoms with E-state index in [1.165, 1.54) is 0 Å². The highest BCUT2D eigenvalue weighted by Crippen LogP contribution is 2.47. The predicted octanol–water partition coefficient (Wildman–Crippen LogP) is 4.39. The average Bonchev–Trinajstić information content (AvgIpc) is 3.43. The fraction of sp³-hybridized carbons (Fsp3) is 0.381. The highest BCUT2D eigenvalue weighted by atomic mass is 16.5. The van der Waals surface area contributed by atoms with Crippen LogP contribution in [0.4, 0.5) is 10.5 Å². The first kappa shape index (κ1) is 18.1. The van der Waals surface area contributed by atoms with Gasteiger partial charge in [-0.1, -0.05) is 31.2 Å². The van der Waals surface area contributed by atoms with Gasteiger partial charge in [-0.3, -0.25) is 0 Å². The summed E-state index contributed by atoms with van der Waals surface area (Å²) in [6.07, 6.45) is 2.69. The molecule has 2 N–H and O–H groups in total. The molecule has 5 heteroatoms. The number of aryl methyl sites for hydroxylation is 2. The first-order valence-corrected chi connectivity index (χ1v) is 8.93. The second-order valence-electron chi connectivity index (χ2n) is 6.69. The molecule has 0 atom stereocenters. The number of para-hydroxylation sites is 1. The number of rotatable bonds is 6. The van der Waals surface area contributed by atoms with E-state index in [1.54, 1.807) is 14.2 Å². The summed E-state index contributed by atoms with van der Waals surface area (Å²) in [4.78, 5) is 12.7. The second kappa shape index (κ2) is 7.28. The van der Waals surface area contributed by atoms with Crippen molar-refractivity contribution >= 4 is 11.7 Å². The number of carbonyl (C=O) groups excluding carboxylic acids is 1. The van der Waals surface area contributed by atoms with Crippen LogP contribution in [0, 0.1) is 6.92 Å². The number of methoxy groups -OCH3 is 2. The van der Waals surface area contributed by atoms with Gasteiger partial charge in [-0.2, -0.15) is 0 Å². The van der Waals surface area contributed by atoms with Crippen molar-refractivity contribution in [3.63, 3.8) is 0 Å². The van der Waals surface area contributed by atoms with Crippen molar-refractivity contribution in [3.8, 4) is 11.5 Å². The van der Waals surface area contributed by atoms with Gasteiger partial charge in [0.25, 0.3) is 0 Å². The van der Waals surface area contributed by atoms with Gasteiger partial charge in [0.1, 0.15) is 0 Å². The van der Waals surface area contributed by atoms with Gasteiger partial charge in [0.2, 0.25) is 0 Å². The molecule has 1 saturated carbocycles. The summed E-state index contributed by atoms with van der Waals surface area (Å²) in [7, 11) is 3.23. The standard InChI is InChI=1S/C21H26N2O3/c1-5-15-8-6-7-14(2)19(15)22-20(24)23-21(11-12-21)16-9-10-17(25-3)18(13-16)26-4/h6-10,13H,5,11-12H2,1-4H3,(H2,22,23,24). The van der Waals surface area contributed by atoms with Crippen molar-refractivity contribution in [2.24, 2.45) is 0 Å². The maximum Gasteiger partial charge on any atom is 0.319 e. The van der Waals surface area contributed by atoms with E-state index in [0.717, 1.165) is 41.6 Å². The molecule has 2 aromatic carbocycles. The Balaban J connectivity index is 1.78. The summed E-state index contributed by atoms with van der Waals surface area (Å²) in [6.45, 7) is 4.10. The van der Waals surface area contributed by atoms with E-state index < -0.39 is 0 Å². The number of carbonyl (C=O) groups is 1. The van der Waals surface area contributed by atoms with Crippen molar-refractivity contribution < 1.29 is 14.3 Å². The lowest BCUT2D eigenvalue weighted by atomic mass is 10.0. The Kier molecular flexibility index (Phi) is 5.07. The molecule has 0 radical (unpaired) electrons. The molecule has 3 rings (SSSR count). The number of urea groups is 1. The minimum atomic E-state index is -0.335. The molecule has 0 bridgehead atoms. The van der Waals surface area contributed by atoms with Crippen molar-refractivity contribution in [2.75, 3.05) is 19.5 Å². The van der Waals surface area contributed by atoms with Gasteiger partial charge >= 0.3 is 6.03 Å². The molecule has 2 amide bonds. The number of nitrogens with one attached hydrogen (secondary N) is 2. The summed E-state index contributed by atoms with van der Waals surface area (Å²) >= 11 is 0. The van der Waals surface area contributed by atoms with Gasteiger partial charge in [-0.25, -0.2) is 4.79 Å². The molecule has 138 valence electrons. The quantitative estimate of drug-likeness (QED) is 0.809. The zero-order valence-corrected chi connectivity index (χ0v) is 15.8. The van der Waals surface area contributed by atoms with Crippen LogP contribution >= 0.6 is 0 Å². The van der Waals surface area contributed by atoms with Gasteiger partial charge in [0.15, 0.2) is 11.5 Å². The average molecular weight is 354 g/mol. The molecular formula is C21H26N2O3. The summed E-state index contributed by atoms with van der Waals surface area (Å²) < 4.78 is 10.7. The van der Waals surface area contributed by atoms with Crippen molar-refractivity contribution in [1.29, 1.82) is 0 Å². The molecular weight excluding hydrogens is 328 g/mol. The first-order valence-electron chi connectivity index (χ1n) is 8.93. The smallest absolute Gasteiger partial charge is 0.319 e. The number of hydrogen-bond acceptors (Lipinski definition) is 3. The molecule has 1 fully saturated rings. The van der Waals surface area contributed by atoms with Crippen LogP contribution in [0.5, 0.6) is 11.5 Å². The minimum absolute atomic E-state index is 0.179. The van der Waals surface area contributed by atoms with Crippen LogP contribution < -0.4 is 20.1 Å². The molecule has 2 aromatic rings. The fourth-order valence-corrected chi connectivity index (χ4v) is 3.31. The van der Waals surface area contributed by atoms with E-state index >= 15 is 0 Å². The lowest BCUT2D eigenvalue weighted by Crippen LogP contribution is -2.38. The molecule has 0 aromatic heterocycles. The monoisotopic (exact) mass is 354 g/mol. The molecule has 0 heterocycles. The fourth-order valence-electron chi connectivity index (χ4n) is 3.31. The van der Waals surface area contributed by atoms with Crippen LogP contribution in [0.2, 0.25) is 0 Å².